The number of carbonyl (C=O) groups is 1. The molecule has 0 unspecified atom stereocenters. The third-order valence-electron chi connectivity index (χ3n) is 1.45. The molecular formula is C9H11ClNNaO2. The van der Waals surface area contributed by atoms with Gasteiger partial charge in [0, 0.05) is 6.54 Å². The Labute approximate surface area is 112 Å². The molecule has 0 aromatic heterocycles. The Morgan fingerprint density at radius 1 is 1.29 bits per heavy atom. The van der Waals surface area contributed by atoms with Crippen molar-refractivity contribution in [3.8, 4) is 0 Å². The third-order valence-corrected chi connectivity index (χ3v) is 1.45. The first-order valence-corrected chi connectivity index (χ1v) is 3.75. The van der Waals surface area contributed by atoms with E-state index < -0.39 is 5.97 Å². The molecule has 14 heavy (non-hydrogen) atoms. The molecular weight excluding hydrogens is 213 g/mol. The molecule has 5 heteroatoms. The van der Waals surface area contributed by atoms with Crippen LogP contribution >= 0.6 is 0 Å². The zero-order valence-corrected chi connectivity index (χ0v) is 10.8. The van der Waals surface area contributed by atoms with Crippen LogP contribution in [0.1, 0.15) is 5.56 Å². The van der Waals surface area contributed by atoms with Gasteiger partial charge in [0.15, 0.2) is 0 Å². The first-order chi connectivity index (χ1) is 5.79. The topological polar surface area (TPSA) is 49.3 Å². The predicted molar refractivity (Wildman–Crippen MR) is 45.8 cm³/mol. The summed E-state index contributed by atoms with van der Waals surface area (Å²) in [5.41, 5.74) is 1.10. The molecule has 0 fully saturated rings. The van der Waals surface area contributed by atoms with Crippen LogP contribution in [0.2, 0.25) is 0 Å². The molecule has 3 nitrogen and oxygen atoms in total. The van der Waals surface area contributed by atoms with Crippen molar-refractivity contribution in [3.05, 3.63) is 35.9 Å². The number of benzene rings is 1. The number of rotatable bonds is 4. The molecule has 0 spiro atoms. The van der Waals surface area contributed by atoms with Crippen molar-refractivity contribution in [3.63, 3.8) is 0 Å². The van der Waals surface area contributed by atoms with Gasteiger partial charge in [-0.25, -0.2) is 0 Å². The first kappa shape index (κ1) is 16.4. The van der Waals surface area contributed by atoms with Crippen molar-refractivity contribution < 1.29 is 51.9 Å². The van der Waals surface area contributed by atoms with Gasteiger partial charge in [-0.3, -0.25) is 4.79 Å². The molecule has 0 amide bonds. The number of halogens is 1. The number of hydrogen-bond acceptors (Lipinski definition) is 2. The van der Waals surface area contributed by atoms with Crippen molar-refractivity contribution in [1.29, 1.82) is 0 Å². The molecule has 1 rings (SSSR count). The van der Waals surface area contributed by atoms with E-state index >= 15 is 0 Å². The van der Waals surface area contributed by atoms with Crippen molar-refractivity contribution >= 4 is 5.97 Å². The number of nitrogens with one attached hydrogen (secondary N) is 1. The maximum Gasteiger partial charge on any atom is 1.00 e. The average molecular weight is 224 g/mol. The van der Waals surface area contributed by atoms with Gasteiger partial charge < -0.3 is 22.8 Å². The monoisotopic (exact) mass is 223 g/mol. The molecule has 0 aliphatic carbocycles. The molecule has 2 N–H and O–H groups in total. The zero-order chi connectivity index (χ0) is 8.81. The van der Waals surface area contributed by atoms with E-state index in [1.807, 2.05) is 30.3 Å². The fourth-order valence-corrected chi connectivity index (χ4v) is 0.910. The van der Waals surface area contributed by atoms with Crippen LogP contribution in [0.4, 0.5) is 0 Å². The maximum absolute atomic E-state index is 10.1. The summed E-state index contributed by atoms with van der Waals surface area (Å²) in [6.07, 6.45) is 0. The minimum Gasteiger partial charge on any atom is -1.00 e. The van der Waals surface area contributed by atoms with E-state index in [9.17, 15) is 4.79 Å². The zero-order valence-electron chi connectivity index (χ0n) is 8.03. The van der Waals surface area contributed by atoms with Crippen LogP contribution in [0.25, 0.3) is 0 Å². The van der Waals surface area contributed by atoms with Gasteiger partial charge in [0.05, 0.1) is 6.54 Å². The Morgan fingerprint density at radius 3 is 2.36 bits per heavy atom. The second-order valence-electron chi connectivity index (χ2n) is 2.48. The molecule has 1 aromatic carbocycles. The van der Waals surface area contributed by atoms with Gasteiger partial charge in [0.25, 0.3) is 0 Å². The molecule has 1 aromatic rings. The second-order valence-corrected chi connectivity index (χ2v) is 2.48. The summed E-state index contributed by atoms with van der Waals surface area (Å²) in [5.74, 6) is -0.828. The quantitative estimate of drug-likeness (QED) is 0.502. The van der Waals surface area contributed by atoms with Crippen LogP contribution in [-0.4, -0.2) is 17.6 Å². The average Bonchev–Trinajstić information content (AvgIpc) is 2.05. The Balaban J connectivity index is 0. The van der Waals surface area contributed by atoms with Crippen LogP contribution in [0.15, 0.2) is 30.3 Å². The summed E-state index contributed by atoms with van der Waals surface area (Å²) in [7, 11) is 0. The van der Waals surface area contributed by atoms with Gasteiger partial charge in [-0.15, -0.1) is 0 Å². The molecule has 0 aliphatic heterocycles. The van der Waals surface area contributed by atoms with Crippen LogP contribution in [0, 0.1) is 0 Å². The number of hydrogen-bond donors (Lipinski definition) is 2. The maximum atomic E-state index is 10.1. The molecule has 0 saturated carbocycles. The predicted octanol–water partition coefficient (Wildman–Crippen LogP) is -5.13. The van der Waals surface area contributed by atoms with Gasteiger partial charge >= 0.3 is 35.5 Å². The number of carboxylic acid groups (broad SMARTS) is 1. The Bertz CT molecular complexity index is 256. The van der Waals surface area contributed by atoms with Crippen LogP contribution in [0.5, 0.6) is 0 Å². The van der Waals surface area contributed by atoms with Crippen LogP contribution in [0.3, 0.4) is 0 Å². The Kier molecular flexibility index (Phi) is 11.1. The Morgan fingerprint density at radius 2 is 1.86 bits per heavy atom. The molecule has 0 bridgehead atoms. The molecule has 0 heterocycles. The van der Waals surface area contributed by atoms with E-state index in [1.165, 1.54) is 0 Å². The van der Waals surface area contributed by atoms with Crippen molar-refractivity contribution in [2.45, 2.75) is 6.54 Å². The standard InChI is InChI=1S/C9H11NO2.ClH.Na/c11-9(12)7-10-6-8-4-2-1-3-5-8;;/h1-5,10H,6-7H2,(H,11,12);1H;/q;;+1/p-1. The van der Waals surface area contributed by atoms with E-state index in [0.29, 0.717) is 6.54 Å². The van der Waals surface area contributed by atoms with E-state index in [4.69, 9.17) is 5.11 Å². The SMILES string of the molecule is O=C(O)CNCc1ccccc1.[Cl-].[Na+]. The van der Waals surface area contributed by atoms with Crippen molar-refractivity contribution in [2.24, 2.45) is 0 Å². The number of aliphatic carboxylic acids is 1. The van der Waals surface area contributed by atoms with Gasteiger partial charge in [-0.05, 0) is 5.56 Å². The minimum absolute atomic E-state index is 0. The largest absolute Gasteiger partial charge is 1.00 e. The van der Waals surface area contributed by atoms with E-state index in [1.54, 1.807) is 0 Å². The van der Waals surface area contributed by atoms with Crippen molar-refractivity contribution in [2.75, 3.05) is 6.54 Å². The second kappa shape index (κ2) is 9.49. The molecule has 0 atom stereocenters. The molecule has 72 valence electrons. The van der Waals surface area contributed by atoms with Gasteiger partial charge in [0.2, 0.25) is 0 Å². The number of carboxylic acids is 1. The summed E-state index contributed by atoms with van der Waals surface area (Å²) in [4.78, 5) is 10.1. The minimum atomic E-state index is -0.828. The first-order valence-electron chi connectivity index (χ1n) is 3.75. The fourth-order valence-electron chi connectivity index (χ4n) is 0.910. The summed E-state index contributed by atoms with van der Waals surface area (Å²) >= 11 is 0. The van der Waals surface area contributed by atoms with E-state index in [-0.39, 0.29) is 48.5 Å². The normalized spacial score (nSPS) is 8.29. The summed E-state index contributed by atoms with van der Waals surface area (Å²) in [6.45, 7) is 0.613. The van der Waals surface area contributed by atoms with Crippen LogP contribution < -0.4 is 47.3 Å². The fraction of sp³-hybridized carbons (Fsp3) is 0.222. The Hall–Kier alpha value is -0.0600. The van der Waals surface area contributed by atoms with Crippen molar-refractivity contribution in [1.82, 2.24) is 5.32 Å². The van der Waals surface area contributed by atoms with E-state index in [2.05, 4.69) is 5.32 Å². The van der Waals surface area contributed by atoms with Gasteiger partial charge in [-0.2, -0.15) is 0 Å². The summed E-state index contributed by atoms with van der Waals surface area (Å²) < 4.78 is 0. The molecule has 0 radical (unpaired) electrons. The van der Waals surface area contributed by atoms with Crippen LogP contribution in [-0.2, 0) is 11.3 Å². The van der Waals surface area contributed by atoms with Gasteiger partial charge in [-0.1, -0.05) is 30.3 Å². The smallest absolute Gasteiger partial charge is 1.00 e. The van der Waals surface area contributed by atoms with Gasteiger partial charge in [0.1, 0.15) is 0 Å². The summed E-state index contributed by atoms with van der Waals surface area (Å²) in [5, 5.41) is 11.1. The third kappa shape index (κ3) is 7.35. The summed E-state index contributed by atoms with van der Waals surface area (Å²) in [6, 6.07) is 9.69. The molecule has 0 saturated heterocycles. The van der Waals surface area contributed by atoms with E-state index in [0.717, 1.165) is 5.56 Å². The molecule has 0 aliphatic rings.